The van der Waals surface area contributed by atoms with Gasteiger partial charge in [0, 0.05) is 18.5 Å². The van der Waals surface area contributed by atoms with Crippen LogP contribution in [0.4, 0.5) is 13.2 Å². The van der Waals surface area contributed by atoms with Crippen LogP contribution in [0.15, 0.2) is 18.2 Å². The van der Waals surface area contributed by atoms with Crippen molar-refractivity contribution in [1.82, 2.24) is 10.6 Å². The number of piperidine rings is 1. The monoisotopic (exact) mass is 358 g/mol. The van der Waals surface area contributed by atoms with Gasteiger partial charge < -0.3 is 15.4 Å². The molecule has 1 aliphatic rings. The number of hydrogen-bond acceptors (Lipinski definition) is 3. The van der Waals surface area contributed by atoms with Crippen LogP contribution in [-0.2, 0) is 17.5 Å². The lowest BCUT2D eigenvalue weighted by Gasteiger charge is -2.27. The molecule has 1 aliphatic heterocycles. The van der Waals surface area contributed by atoms with Gasteiger partial charge in [0.1, 0.15) is 5.75 Å². The van der Waals surface area contributed by atoms with Gasteiger partial charge in [0.15, 0.2) is 0 Å². The van der Waals surface area contributed by atoms with Gasteiger partial charge in [0.2, 0.25) is 5.91 Å². The second-order valence-electron chi connectivity index (χ2n) is 6.78. The number of carbonyl (C=O) groups is 1. The maximum atomic E-state index is 13.3. The van der Waals surface area contributed by atoms with Crippen LogP contribution in [0.1, 0.15) is 44.7 Å². The Kier molecular flexibility index (Phi) is 6.32. The van der Waals surface area contributed by atoms with Crippen molar-refractivity contribution in [1.29, 1.82) is 0 Å². The van der Waals surface area contributed by atoms with Crippen molar-refractivity contribution >= 4 is 5.91 Å². The van der Waals surface area contributed by atoms with E-state index >= 15 is 0 Å². The number of rotatable bonds is 5. The van der Waals surface area contributed by atoms with Crippen LogP contribution in [-0.4, -0.2) is 24.6 Å². The van der Waals surface area contributed by atoms with E-state index < -0.39 is 11.7 Å². The topological polar surface area (TPSA) is 50.4 Å². The number of nitrogens with one attached hydrogen (secondary N) is 2. The minimum atomic E-state index is -4.50. The number of halogens is 3. The summed E-state index contributed by atoms with van der Waals surface area (Å²) in [5.41, 5.74) is -0.733. The average Bonchev–Trinajstić information content (AvgIpc) is 2.51. The molecule has 1 aromatic rings. The third-order valence-corrected chi connectivity index (χ3v) is 4.21. The van der Waals surface area contributed by atoms with Crippen molar-refractivity contribution in [2.45, 2.75) is 58.5 Å². The fourth-order valence-corrected chi connectivity index (χ4v) is 3.02. The zero-order valence-electron chi connectivity index (χ0n) is 14.7. The molecule has 0 saturated carbocycles. The van der Waals surface area contributed by atoms with Gasteiger partial charge in [0.25, 0.3) is 0 Å². The molecule has 4 nitrogen and oxygen atoms in total. The van der Waals surface area contributed by atoms with Crippen LogP contribution in [0.2, 0.25) is 0 Å². The van der Waals surface area contributed by atoms with Crippen molar-refractivity contribution in [3.63, 3.8) is 0 Å². The van der Waals surface area contributed by atoms with E-state index in [2.05, 4.69) is 10.6 Å². The Morgan fingerprint density at radius 1 is 1.40 bits per heavy atom. The van der Waals surface area contributed by atoms with Gasteiger partial charge in [-0.25, -0.2) is 0 Å². The molecule has 1 aromatic carbocycles. The predicted octanol–water partition coefficient (Wildman–Crippen LogP) is 3.50. The molecule has 25 heavy (non-hydrogen) atoms. The van der Waals surface area contributed by atoms with Crippen molar-refractivity contribution in [2.75, 3.05) is 6.54 Å². The highest BCUT2D eigenvalue weighted by atomic mass is 19.4. The highest BCUT2D eigenvalue weighted by molar-refractivity contribution is 5.78. The summed E-state index contributed by atoms with van der Waals surface area (Å²) in [5, 5.41) is 5.90. The van der Waals surface area contributed by atoms with Crippen LogP contribution in [0, 0.1) is 5.92 Å². The first kappa shape index (κ1) is 19.6. The number of alkyl halides is 3. The molecule has 140 valence electrons. The molecule has 1 heterocycles. The summed E-state index contributed by atoms with van der Waals surface area (Å²) in [6.45, 7) is 6.10. The maximum Gasteiger partial charge on any atom is 0.416 e. The van der Waals surface area contributed by atoms with Crippen molar-refractivity contribution in [3.8, 4) is 5.75 Å². The van der Waals surface area contributed by atoms with Gasteiger partial charge in [-0.2, -0.15) is 13.2 Å². The Morgan fingerprint density at radius 2 is 2.12 bits per heavy atom. The SMILES string of the molecule is CC(C)Oc1ccc(CNC(=O)[C@H]2CCN[C@@H](C)C2)c(C(F)(F)F)c1. The van der Waals surface area contributed by atoms with Gasteiger partial charge in [-0.3, -0.25) is 4.79 Å². The van der Waals surface area contributed by atoms with Crippen LogP contribution in [0.3, 0.4) is 0 Å². The van der Waals surface area contributed by atoms with Crippen molar-refractivity contribution < 1.29 is 22.7 Å². The Balaban J connectivity index is 2.08. The number of amides is 1. The summed E-state index contributed by atoms with van der Waals surface area (Å²) in [6, 6.07) is 4.10. The number of benzene rings is 1. The zero-order chi connectivity index (χ0) is 18.6. The van der Waals surface area contributed by atoms with E-state index in [1.54, 1.807) is 13.8 Å². The fraction of sp³-hybridized carbons (Fsp3) is 0.611. The highest BCUT2D eigenvalue weighted by Crippen LogP contribution is 2.34. The van der Waals surface area contributed by atoms with Crippen molar-refractivity contribution in [3.05, 3.63) is 29.3 Å². The predicted molar refractivity (Wildman–Crippen MR) is 89.2 cm³/mol. The van der Waals surface area contributed by atoms with Crippen molar-refractivity contribution in [2.24, 2.45) is 5.92 Å². The summed E-state index contributed by atoms with van der Waals surface area (Å²) in [4.78, 5) is 12.2. The lowest BCUT2D eigenvalue weighted by atomic mass is 9.92. The molecule has 0 radical (unpaired) electrons. The molecule has 1 amide bonds. The molecule has 0 bridgehead atoms. The summed E-state index contributed by atoms with van der Waals surface area (Å²) in [5.74, 6) is -0.178. The normalized spacial score (nSPS) is 21.2. The van der Waals surface area contributed by atoms with E-state index in [0.29, 0.717) is 12.8 Å². The van der Waals surface area contributed by atoms with E-state index in [-0.39, 0.29) is 41.8 Å². The molecule has 0 unspecified atom stereocenters. The molecule has 1 saturated heterocycles. The van der Waals surface area contributed by atoms with E-state index in [1.807, 2.05) is 6.92 Å². The van der Waals surface area contributed by atoms with Crippen LogP contribution in [0.25, 0.3) is 0 Å². The molecule has 0 spiro atoms. The van der Waals surface area contributed by atoms with Gasteiger partial charge in [0.05, 0.1) is 11.7 Å². The summed E-state index contributed by atoms with van der Waals surface area (Å²) in [7, 11) is 0. The fourth-order valence-electron chi connectivity index (χ4n) is 3.02. The van der Waals surface area contributed by atoms with Crippen LogP contribution >= 0.6 is 0 Å². The Morgan fingerprint density at radius 3 is 2.72 bits per heavy atom. The summed E-state index contributed by atoms with van der Waals surface area (Å²) in [6.07, 6.45) is -3.32. The molecule has 2 N–H and O–H groups in total. The first-order valence-electron chi connectivity index (χ1n) is 8.54. The van der Waals surface area contributed by atoms with Crippen LogP contribution in [0.5, 0.6) is 5.75 Å². The highest BCUT2D eigenvalue weighted by Gasteiger charge is 2.34. The summed E-state index contributed by atoms with van der Waals surface area (Å²) < 4.78 is 45.3. The lowest BCUT2D eigenvalue weighted by molar-refractivity contribution is -0.138. The smallest absolute Gasteiger partial charge is 0.416 e. The molecule has 1 fully saturated rings. The first-order valence-corrected chi connectivity index (χ1v) is 8.54. The van der Waals surface area contributed by atoms with E-state index in [4.69, 9.17) is 4.74 Å². The minimum absolute atomic E-state index is 0.0407. The van der Waals surface area contributed by atoms with Crippen LogP contribution < -0.4 is 15.4 Å². The minimum Gasteiger partial charge on any atom is -0.491 e. The Bertz CT molecular complexity index is 602. The molecule has 7 heteroatoms. The van der Waals surface area contributed by atoms with Gasteiger partial charge in [-0.15, -0.1) is 0 Å². The average molecular weight is 358 g/mol. The Hall–Kier alpha value is -1.76. The van der Waals surface area contributed by atoms with E-state index in [1.165, 1.54) is 12.1 Å². The molecular formula is C18H25F3N2O2. The second-order valence-corrected chi connectivity index (χ2v) is 6.78. The van der Waals surface area contributed by atoms with Gasteiger partial charge in [-0.05, 0) is 57.9 Å². The Labute approximate surface area is 146 Å². The number of hydrogen-bond donors (Lipinski definition) is 2. The standard InChI is InChI=1S/C18H25F3N2O2/c1-11(2)25-15-5-4-14(16(9-15)18(19,20)21)10-23-17(24)13-6-7-22-12(3)8-13/h4-5,9,11-13,22H,6-8,10H2,1-3H3,(H,23,24)/t12-,13-/m0/s1. The molecule has 0 aliphatic carbocycles. The molecular weight excluding hydrogens is 333 g/mol. The third kappa shape index (κ3) is 5.63. The maximum absolute atomic E-state index is 13.3. The molecule has 2 atom stereocenters. The van der Waals surface area contributed by atoms with Gasteiger partial charge >= 0.3 is 6.18 Å². The third-order valence-electron chi connectivity index (χ3n) is 4.21. The lowest BCUT2D eigenvalue weighted by Crippen LogP contribution is -2.42. The summed E-state index contributed by atoms with van der Waals surface area (Å²) >= 11 is 0. The molecule has 2 rings (SSSR count). The van der Waals surface area contributed by atoms with E-state index in [0.717, 1.165) is 12.6 Å². The van der Waals surface area contributed by atoms with Gasteiger partial charge in [-0.1, -0.05) is 6.07 Å². The molecule has 0 aromatic heterocycles. The quantitative estimate of drug-likeness (QED) is 0.847. The van der Waals surface area contributed by atoms with E-state index in [9.17, 15) is 18.0 Å². The number of carbonyl (C=O) groups excluding carboxylic acids is 1. The first-order chi connectivity index (χ1) is 11.7. The second kappa shape index (κ2) is 8.08. The largest absolute Gasteiger partial charge is 0.491 e. The number of ether oxygens (including phenoxy) is 1. The zero-order valence-corrected chi connectivity index (χ0v) is 14.7.